The van der Waals surface area contributed by atoms with Crippen molar-refractivity contribution in [3.05, 3.63) is 0 Å². The summed E-state index contributed by atoms with van der Waals surface area (Å²) in [5.41, 5.74) is 5.69. The number of nitrogens with two attached hydrogens (primary N) is 1. The zero-order chi connectivity index (χ0) is 13.4. The second kappa shape index (κ2) is 8.51. The highest BCUT2D eigenvalue weighted by Gasteiger charge is 2.26. The van der Waals surface area contributed by atoms with Gasteiger partial charge in [0.15, 0.2) is 0 Å². The Hall–Kier alpha value is -0.570. The van der Waals surface area contributed by atoms with Gasteiger partial charge in [-0.15, -0.1) is 0 Å². The molecule has 17 heavy (non-hydrogen) atoms. The van der Waals surface area contributed by atoms with Crippen molar-refractivity contribution in [1.29, 1.82) is 0 Å². The third kappa shape index (κ3) is 5.07. The first kappa shape index (κ1) is 16.4. The van der Waals surface area contributed by atoms with Crippen LogP contribution >= 0.6 is 0 Å². The molecule has 0 spiro atoms. The highest BCUT2D eigenvalue weighted by Crippen LogP contribution is 2.16. The topological polar surface area (TPSA) is 46.3 Å². The zero-order valence-corrected chi connectivity index (χ0v) is 12.2. The van der Waals surface area contributed by atoms with Crippen molar-refractivity contribution in [3.63, 3.8) is 0 Å². The first-order valence-electron chi connectivity index (χ1n) is 7.02. The monoisotopic (exact) mass is 242 g/mol. The second-order valence-corrected chi connectivity index (χ2v) is 5.20. The molecule has 1 unspecified atom stereocenters. The molecule has 0 radical (unpaired) electrons. The van der Waals surface area contributed by atoms with Crippen LogP contribution in [0.2, 0.25) is 0 Å². The first-order chi connectivity index (χ1) is 8.01. The van der Waals surface area contributed by atoms with Crippen LogP contribution in [0.5, 0.6) is 0 Å². The first-order valence-corrected chi connectivity index (χ1v) is 7.02. The van der Waals surface area contributed by atoms with Crippen molar-refractivity contribution in [1.82, 2.24) is 4.90 Å². The molecule has 1 atom stereocenters. The Morgan fingerprint density at radius 1 is 1.12 bits per heavy atom. The molecule has 0 aliphatic rings. The Bertz CT molecular complexity index is 208. The quantitative estimate of drug-likeness (QED) is 0.711. The third-order valence-electron chi connectivity index (χ3n) is 3.35. The lowest BCUT2D eigenvalue weighted by Gasteiger charge is -2.34. The summed E-state index contributed by atoms with van der Waals surface area (Å²) in [5, 5.41) is 0. The average Bonchev–Trinajstić information content (AvgIpc) is 2.30. The zero-order valence-electron chi connectivity index (χ0n) is 12.2. The largest absolute Gasteiger partial charge is 0.339 e. The molecule has 0 heterocycles. The van der Waals surface area contributed by atoms with Gasteiger partial charge in [0, 0.05) is 19.1 Å². The second-order valence-electron chi connectivity index (χ2n) is 5.20. The predicted octanol–water partition coefficient (Wildman–Crippen LogP) is 2.64. The summed E-state index contributed by atoms with van der Waals surface area (Å²) in [6.07, 6.45) is 2.88. The summed E-state index contributed by atoms with van der Waals surface area (Å²) in [4.78, 5) is 14.5. The molecule has 1 amide bonds. The van der Waals surface area contributed by atoms with Gasteiger partial charge in [0.05, 0.1) is 5.92 Å². The van der Waals surface area contributed by atoms with Gasteiger partial charge >= 0.3 is 0 Å². The number of hydrogen-bond acceptors (Lipinski definition) is 2. The van der Waals surface area contributed by atoms with Crippen LogP contribution in [-0.2, 0) is 4.79 Å². The summed E-state index contributed by atoms with van der Waals surface area (Å²) < 4.78 is 0. The van der Waals surface area contributed by atoms with E-state index < -0.39 is 0 Å². The lowest BCUT2D eigenvalue weighted by Crippen LogP contribution is -2.46. The molecule has 3 heteroatoms. The Balaban J connectivity index is 4.82. The minimum atomic E-state index is -0.00523. The van der Waals surface area contributed by atoms with Crippen LogP contribution in [0, 0.1) is 11.8 Å². The van der Waals surface area contributed by atoms with Crippen molar-refractivity contribution in [2.75, 3.05) is 13.1 Å². The number of rotatable bonds is 8. The molecule has 0 aromatic rings. The average molecular weight is 242 g/mol. The number of carbonyl (C=O) groups is 1. The molecule has 0 aromatic carbocycles. The van der Waals surface area contributed by atoms with Crippen molar-refractivity contribution >= 4 is 5.91 Å². The molecule has 0 rings (SSSR count). The maximum atomic E-state index is 12.4. The van der Waals surface area contributed by atoms with E-state index in [0.29, 0.717) is 18.5 Å². The molecule has 0 fully saturated rings. The molecule has 0 aliphatic heterocycles. The summed E-state index contributed by atoms with van der Waals surface area (Å²) in [6, 6.07) is 0.366. The van der Waals surface area contributed by atoms with Gasteiger partial charge in [-0.25, -0.2) is 0 Å². The van der Waals surface area contributed by atoms with Crippen LogP contribution in [0.4, 0.5) is 0 Å². The molecule has 0 aromatic heterocycles. The molecular formula is C14H30N2O. The fourth-order valence-corrected chi connectivity index (χ4v) is 2.22. The highest BCUT2D eigenvalue weighted by atomic mass is 16.2. The van der Waals surface area contributed by atoms with E-state index in [1.807, 2.05) is 6.92 Å². The summed E-state index contributed by atoms with van der Waals surface area (Å²) >= 11 is 0. The smallest absolute Gasteiger partial charge is 0.227 e. The molecule has 0 saturated heterocycles. The standard InChI is InChI=1S/C14H30N2O/c1-6-12(9-15)14(17)16(10-11(4)5)13(7-2)8-3/h11-13H,6-10,15H2,1-5H3. The van der Waals surface area contributed by atoms with Crippen molar-refractivity contribution < 1.29 is 4.79 Å². The molecule has 2 N–H and O–H groups in total. The minimum absolute atomic E-state index is 0.00523. The Kier molecular flexibility index (Phi) is 8.23. The van der Waals surface area contributed by atoms with Crippen molar-refractivity contribution in [2.24, 2.45) is 17.6 Å². The SMILES string of the molecule is CCC(CN)C(=O)N(CC(C)C)C(CC)CC. The Morgan fingerprint density at radius 2 is 1.65 bits per heavy atom. The molecule has 3 nitrogen and oxygen atoms in total. The summed E-state index contributed by atoms with van der Waals surface area (Å²) in [6.45, 7) is 12.0. The lowest BCUT2D eigenvalue weighted by molar-refractivity contribution is -0.138. The van der Waals surface area contributed by atoms with Gasteiger partial charge in [0.25, 0.3) is 0 Å². The number of carbonyl (C=O) groups excluding carboxylic acids is 1. The van der Waals surface area contributed by atoms with Gasteiger partial charge < -0.3 is 10.6 Å². The van der Waals surface area contributed by atoms with E-state index in [1.54, 1.807) is 0 Å². The van der Waals surface area contributed by atoms with E-state index in [-0.39, 0.29) is 11.8 Å². The van der Waals surface area contributed by atoms with Gasteiger partial charge in [-0.2, -0.15) is 0 Å². The fourth-order valence-electron chi connectivity index (χ4n) is 2.22. The van der Waals surface area contributed by atoms with Gasteiger partial charge in [-0.05, 0) is 25.2 Å². The number of nitrogens with zero attached hydrogens (tertiary/aromatic N) is 1. The van der Waals surface area contributed by atoms with E-state index >= 15 is 0 Å². The summed E-state index contributed by atoms with van der Waals surface area (Å²) in [5.74, 6) is 0.751. The van der Waals surface area contributed by atoms with Crippen molar-refractivity contribution in [3.8, 4) is 0 Å². The predicted molar refractivity (Wildman–Crippen MR) is 73.8 cm³/mol. The van der Waals surface area contributed by atoms with E-state index in [9.17, 15) is 4.79 Å². The van der Waals surface area contributed by atoms with Crippen LogP contribution in [0.25, 0.3) is 0 Å². The van der Waals surface area contributed by atoms with E-state index in [2.05, 4.69) is 32.6 Å². The van der Waals surface area contributed by atoms with Crippen molar-refractivity contribution in [2.45, 2.75) is 59.9 Å². The van der Waals surface area contributed by atoms with E-state index in [4.69, 9.17) is 5.73 Å². The molecule has 0 saturated carbocycles. The molecule has 0 aliphatic carbocycles. The van der Waals surface area contributed by atoms with E-state index in [0.717, 1.165) is 25.8 Å². The maximum Gasteiger partial charge on any atom is 0.227 e. The maximum absolute atomic E-state index is 12.4. The van der Waals surface area contributed by atoms with Crippen LogP contribution in [0.3, 0.4) is 0 Å². The highest BCUT2D eigenvalue weighted by molar-refractivity contribution is 5.79. The van der Waals surface area contributed by atoms with Gasteiger partial charge in [0.1, 0.15) is 0 Å². The molecule has 102 valence electrons. The minimum Gasteiger partial charge on any atom is -0.339 e. The van der Waals surface area contributed by atoms with Crippen LogP contribution < -0.4 is 5.73 Å². The van der Waals surface area contributed by atoms with Crippen LogP contribution in [0.1, 0.15) is 53.9 Å². The van der Waals surface area contributed by atoms with Gasteiger partial charge in [0.2, 0.25) is 5.91 Å². The van der Waals surface area contributed by atoms with Gasteiger partial charge in [-0.3, -0.25) is 4.79 Å². The fraction of sp³-hybridized carbons (Fsp3) is 0.929. The summed E-state index contributed by atoms with van der Waals surface area (Å²) in [7, 11) is 0. The van der Waals surface area contributed by atoms with Crippen LogP contribution in [0.15, 0.2) is 0 Å². The Labute approximate surface area is 107 Å². The van der Waals surface area contributed by atoms with Gasteiger partial charge in [-0.1, -0.05) is 34.6 Å². The third-order valence-corrected chi connectivity index (χ3v) is 3.35. The lowest BCUT2D eigenvalue weighted by atomic mass is 10.0. The van der Waals surface area contributed by atoms with E-state index in [1.165, 1.54) is 0 Å². The number of amides is 1. The molecular weight excluding hydrogens is 212 g/mol. The normalized spacial score (nSPS) is 13.2. The number of hydrogen-bond donors (Lipinski definition) is 1. The Morgan fingerprint density at radius 3 is 1.94 bits per heavy atom. The van der Waals surface area contributed by atoms with Crippen LogP contribution in [-0.4, -0.2) is 29.9 Å². The molecule has 0 bridgehead atoms.